The summed E-state index contributed by atoms with van der Waals surface area (Å²) < 4.78 is 32.2. The van der Waals surface area contributed by atoms with Crippen LogP contribution in [0.25, 0.3) is 0 Å². The molecule has 1 N–H and O–H groups in total. The van der Waals surface area contributed by atoms with Crippen LogP contribution < -0.4 is 0 Å². The van der Waals surface area contributed by atoms with E-state index < -0.39 is 20.8 Å². The van der Waals surface area contributed by atoms with Crippen LogP contribution in [0.3, 0.4) is 0 Å². The highest BCUT2D eigenvalue weighted by Gasteiger charge is 2.28. The summed E-state index contributed by atoms with van der Waals surface area (Å²) in [7, 11) is -3.99. The lowest BCUT2D eigenvalue weighted by Gasteiger charge is -2.17. The standard InChI is InChI=1S/C16H17O7P/c17-16(18)20-13-23-24(19,21-11-14-7-3-1-4-8-14)22-12-15-9-5-2-6-10-15/h1-10H,11-13H2,(H,17,18). The van der Waals surface area contributed by atoms with Crippen LogP contribution in [-0.4, -0.2) is 18.1 Å². The van der Waals surface area contributed by atoms with E-state index in [2.05, 4.69) is 4.74 Å². The molecule has 0 bridgehead atoms. The predicted molar refractivity (Wildman–Crippen MR) is 85.1 cm³/mol. The Bertz CT molecular complexity index is 628. The zero-order valence-corrected chi connectivity index (χ0v) is 13.6. The topological polar surface area (TPSA) is 91.3 Å². The molecule has 0 amide bonds. The van der Waals surface area contributed by atoms with Crippen LogP contribution in [0.15, 0.2) is 60.7 Å². The van der Waals surface area contributed by atoms with Gasteiger partial charge in [0.25, 0.3) is 0 Å². The summed E-state index contributed by atoms with van der Waals surface area (Å²) >= 11 is 0. The van der Waals surface area contributed by atoms with Crippen LogP contribution in [0.5, 0.6) is 0 Å². The fourth-order valence-corrected chi connectivity index (χ4v) is 2.73. The van der Waals surface area contributed by atoms with Crippen LogP contribution in [0.4, 0.5) is 4.79 Å². The zero-order chi connectivity index (χ0) is 17.3. The number of carboxylic acid groups (broad SMARTS) is 1. The summed E-state index contributed by atoms with van der Waals surface area (Å²) in [6.45, 7) is -0.782. The summed E-state index contributed by atoms with van der Waals surface area (Å²) in [6, 6.07) is 18.1. The van der Waals surface area contributed by atoms with Crippen molar-refractivity contribution < 1.29 is 32.8 Å². The van der Waals surface area contributed by atoms with Gasteiger partial charge in [-0.3, -0.25) is 9.05 Å². The maximum atomic E-state index is 12.6. The van der Waals surface area contributed by atoms with Crippen molar-refractivity contribution in [2.24, 2.45) is 0 Å². The molecule has 0 radical (unpaired) electrons. The van der Waals surface area contributed by atoms with E-state index in [4.69, 9.17) is 18.7 Å². The molecule has 2 rings (SSSR count). The zero-order valence-electron chi connectivity index (χ0n) is 12.7. The molecular formula is C16H17O7P. The molecule has 7 nitrogen and oxygen atoms in total. The van der Waals surface area contributed by atoms with Gasteiger partial charge < -0.3 is 9.84 Å². The number of hydrogen-bond acceptors (Lipinski definition) is 6. The van der Waals surface area contributed by atoms with Crippen molar-refractivity contribution in [1.82, 2.24) is 0 Å². The van der Waals surface area contributed by atoms with Crippen molar-refractivity contribution in [2.75, 3.05) is 6.79 Å². The molecule has 128 valence electrons. The molecule has 0 heterocycles. The van der Waals surface area contributed by atoms with Crippen molar-refractivity contribution in [3.8, 4) is 0 Å². The molecule has 0 aliphatic rings. The molecule has 0 unspecified atom stereocenters. The number of carbonyl (C=O) groups is 1. The predicted octanol–water partition coefficient (Wildman–Crippen LogP) is 4.20. The average molecular weight is 352 g/mol. The minimum absolute atomic E-state index is 0.0139. The first-order chi connectivity index (χ1) is 11.6. The summed E-state index contributed by atoms with van der Waals surface area (Å²) in [5.41, 5.74) is 1.53. The van der Waals surface area contributed by atoms with Crippen LogP contribution in [-0.2, 0) is 36.1 Å². The van der Waals surface area contributed by atoms with Gasteiger partial charge in [-0.15, -0.1) is 0 Å². The number of rotatable bonds is 9. The van der Waals surface area contributed by atoms with E-state index in [1.807, 2.05) is 36.4 Å². The lowest BCUT2D eigenvalue weighted by atomic mass is 10.2. The van der Waals surface area contributed by atoms with Crippen molar-refractivity contribution in [2.45, 2.75) is 13.2 Å². The van der Waals surface area contributed by atoms with Gasteiger partial charge in [0.15, 0.2) is 0 Å². The molecular weight excluding hydrogens is 335 g/mol. The van der Waals surface area contributed by atoms with Gasteiger partial charge in [0.2, 0.25) is 6.79 Å². The van der Waals surface area contributed by atoms with Gasteiger partial charge in [0, 0.05) is 0 Å². The smallest absolute Gasteiger partial charge is 0.450 e. The van der Waals surface area contributed by atoms with E-state index in [-0.39, 0.29) is 13.2 Å². The van der Waals surface area contributed by atoms with E-state index >= 15 is 0 Å². The lowest BCUT2D eigenvalue weighted by Crippen LogP contribution is -2.07. The molecule has 0 aliphatic heterocycles. The monoisotopic (exact) mass is 352 g/mol. The van der Waals surface area contributed by atoms with Gasteiger partial charge in [-0.1, -0.05) is 60.7 Å². The fourth-order valence-electron chi connectivity index (χ4n) is 1.71. The second-order valence-electron chi connectivity index (χ2n) is 4.62. The van der Waals surface area contributed by atoms with Gasteiger partial charge in [-0.25, -0.2) is 13.9 Å². The van der Waals surface area contributed by atoms with Gasteiger partial charge >= 0.3 is 14.0 Å². The van der Waals surface area contributed by atoms with Crippen LogP contribution in [0.2, 0.25) is 0 Å². The van der Waals surface area contributed by atoms with Gasteiger partial charge in [0.1, 0.15) is 0 Å². The Morgan fingerprint density at radius 2 is 1.29 bits per heavy atom. The average Bonchev–Trinajstić information content (AvgIpc) is 2.60. The number of ether oxygens (including phenoxy) is 1. The maximum Gasteiger partial charge on any atom is 0.507 e. The highest BCUT2D eigenvalue weighted by atomic mass is 31.2. The molecule has 0 spiro atoms. The Morgan fingerprint density at radius 3 is 1.71 bits per heavy atom. The Labute approximate surface area is 139 Å². The molecule has 8 heteroatoms. The normalized spacial score (nSPS) is 11.2. The first-order valence-corrected chi connectivity index (χ1v) is 8.51. The third-order valence-corrected chi connectivity index (χ3v) is 4.17. The summed E-state index contributed by atoms with van der Waals surface area (Å²) in [6.07, 6.45) is -1.55. The van der Waals surface area contributed by atoms with Crippen molar-refractivity contribution in [3.63, 3.8) is 0 Å². The fraction of sp³-hybridized carbons (Fsp3) is 0.188. The van der Waals surface area contributed by atoms with E-state index in [0.717, 1.165) is 11.1 Å². The van der Waals surface area contributed by atoms with E-state index in [0.29, 0.717) is 0 Å². The van der Waals surface area contributed by atoms with E-state index in [1.54, 1.807) is 24.3 Å². The summed E-state index contributed by atoms with van der Waals surface area (Å²) in [5.74, 6) is 0. The quantitative estimate of drug-likeness (QED) is 0.411. The van der Waals surface area contributed by atoms with Crippen LogP contribution in [0.1, 0.15) is 11.1 Å². The molecule has 2 aromatic carbocycles. The minimum atomic E-state index is -3.99. The number of benzene rings is 2. The third kappa shape index (κ3) is 6.52. The largest absolute Gasteiger partial charge is 0.507 e. The minimum Gasteiger partial charge on any atom is -0.450 e. The summed E-state index contributed by atoms with van der Waals surface area (Å²) in [4.78, 5) is 10.4. The number of hydrogen-bond donors (Lipinski definition) is 1. The highest BCUT2D eigenvalue weighted by molar-refractivity contribution is 7.48. The van der Waals surface area contributed by atoms with Gasteiger partial charge in [-0.2, -0.15) is 0 Å². The molecule has 24 heavy (non-hydrogen) atoms. The maximum absolute atomic E-state index is 12.6. The molecule has 0 atom stereocenters. The lowest BCUT2D eigenvalue weighted by molar-refractivity contribution is -0.00230. The van der Waals surface area contributed by atoms with E-state index in [1.165, 1.54) is 0 Å². The number of phosphoric ester groups is 1. The third-order valence-electron chi connectivity index (χ3n) is 2.86. The van der Waals surface area contributed by atoms with E-state index in [9.17, 15) is 9.36 Å². The van der Waals surface area contributed by atoms with Crippen molar-refractivity contribution in [3.05, 3.63) is 71.8 Å². The Balaban J connectivity index is 1.96. The summed E-state index contributed by atoms with van der Waals surface area (Å²) in [5, 5.41) is 8.45. The van der Waals surface area contributed by atoms with Gasteiger partial charge in [-0.05, 0) is 11.1 Å². The van der Waals surface area contributed by atoms with Crippen molar-refractivity contribution in [1.29, 1.82) is 0 Å². The molecule has 0 aromatic heterocycles. The molecule has 0 saturated heterocycles. The Kier molecular flexibility index (Phi) is 6.96. The molecule has 0 saturated carbocycles. The number of phosphoric acid groups is 1. The SMILES string of the molecule is O=C(O)OCOP(=O)(OCc1ccccc1)OCc1ccccc1. The first kappa shape index (κ1) is 18.2. The van der Waals surface area contributed by atoms with Crippen LogP contribution >= 0.6 is 7.82 Å². The molecule has 0 fully saturated rings. The highest BCUT2D eigenvalue weighted by Crippen LogP contribution is 2.50. The second-order valence-corrected chi connectivity index (χ2v) is 6.29. The second kappa shape index (κ2) is 9.20. The Morgan fingerprint density at radius 1 is 0.833 bits per heavy atom. The van der Waals surface area contributed by atoms with Gasteiger partial charge in [0.05, 0.1) is 13.2 Å². The van der Waals surface area contributed by atoms with Crippen LogP contribution in [0, 0.1) is 0 Å². The van der Waals surface area contributed by atoms with Crippen molar-refractivity contribution >= 4 is 14.0 Å². The molecule has 2 aromatic rings. The molecule has 0 aliphatic carbocycles. The first-order valence-electron chi connectivity index (χ1n) is 7.05. The Hall–Kier alpha value is -2.18.